The van der Waals surface area contributed by atoms with Crippen LogP contribution in [0.5, 0.6) is 11.8 Å². The van der Waals surface area contributed by atoms with Gasteiger partial charge in [-0.05, 0) is 13.3 Å². The Kier molecular flexibility index (Phi) is 4.39. The highest BCUT2D eigenvalue weighted by atomic mass is 16.7. The van der Waals surface area contributed by atoms with E-state index in [1.165, 1.54) is 18.2 Å². The van der Waals surface area contributed by atoms with Crippen LogP contribution in [-0.2, 0) is 4.79 Å². The zero-order chi connectivity index (χ0) is 12.8. The number of carbonyl (C=O) groups excluding carboxylic acids is 1. The van der Waals surface area contributed by atoms with E-state index in [0.717, 1.165) is 12.0 Å². The topological polar surface area (TPSA) is 71.7 Å². The normalized spacial score (nSPS) is 12.0. The van der Waals surface area contributed by atoms with Gasteiger partial charge in [-0.25, -0.2) is 4.79 Å². The number of carbonyl (C=O) groups is 1. The number of allylic oxidation sites excluding steroid dienone is 3. The zero-order valence-electron chi connectivity index (χ0n) is 9.75. The van der Waals surface area contributed by atoms with Crippen molar-refractivity contribution in [2.75, 3.05) is 0 Å². The van der Waals surface area contributed by atoms with Gasteiger partial charge in [0, 0.05) is 18.2 Å². The van der Waals surface area contributed by atoms with Crippen LogP contribution in [0.15, 0.2) is 35.9 Å². The molecule has 0 aliphatic carbocycles. The average molecular weight is 237 g/mol. The molecule has 2 N–H and O–H groups in total. The van der Waals surface area contributed by atoms with Crippen LogP contribution in [0.3, 0.4) is 0 Å². The van der Waals surface area contributed by atoms with Crippen LogP contribution in [0.2, 0.25) is 0 Å². The zero-order valence-corrected chi connectivity index (χ0v) is 9.75. The van der Waals surface area contributed by atoms with Crippen LogP contribution in [-0.4, -0.2) is 20.9 Å². The largest absolute Gasteiger partial charge is 0.492 e. The average Bonchev–Trinajstić information content (AvgIpc) is 2.62. The Morgan fingerprint density at radius 2 is 1.94 bits per heavy atom. The summed E-state index contributed by atoms with van der Waals surface area (Å²) in [5, 5.41) is 18.5. The minimum Gasteiger partial charge on any atom is -0.492 e. The van der Waals surface area contributed by atoms with E-state index < -0.39 is 5.97 Å². The van der Waals surface area contributed by atoms with Crippen LogP contribution in [0, 0.1) is 0 Å². The molecule has 0 fully saturated rings. The molecule has 1 aromatic rings. The van der Waals surface area contributed by atoms with E-state index in [2.05, 4.69) is 0 Å². The van der Waals surface area contributed by atoms with Gasteiger partial charge in [0.15, 0.2) is 0 Å². The lowest BCUT2D eigenvalue weighted by molar-refractivity contribution is -0.139. The molecule has 92 valence electrons. The first kappa shape index (κ1) is 12.9. The van der Waals surface area contributed by atoms with E-state index in [0.29, 0.717) is 4.73 Å². The Balaban J connectivity index is 2.68. The lowest BCUT2D eigenvalue weighted by Crippen LogP contribution is -2.16. The molecule has 0 aliphatic heterocycles. The highest BCUT2D eigenvalue weighted by Gasteiger charge is 2.09. The van der Waals surface area contributed by atoms with Gasteiger partial charge >= 0.3 is 5.97 Å². The van der Waals surface area contributed by atoms with E-state index in [9.17, 15) is 15.0 Å². The minimum absolute atomic E-state index is 0.342. The quantitative estimate of drug-likeness (QED) is 0.618. The van der Waals surface area contributed by atoms with Crippen molar-refractivity contribution in [1.29, 1.82) is 0 Å². The van der Waals surface area contributed by atoms with E-state index >= 15 is 0 Å². The molecule has 0 spiro atoms. The van der Waals surface area contributed by atoms with Gasteiger partial charge in [0.2, 0.25) is 11.8 Å². The molecule has 0 saturated heterocycles. The molecule has 0 bridgehead atoms. The Hall–Kier alpha value is -2.17. The number of hydrogen-bond donors (Lipinski definition) is 2. The molecule has 5 nitrogen and oxygen atoms in total. The van der Waals surface area contributed by atoms with Crippen molar-refractivity contribution in [3.8, 4) is 11.8 Å². The maximum Gasteiger partial charge on any atom is 0.356 e. The highest BCUT2D eigenvalue weighted by Crippen LogP contribution is 2.18. The molecular weight excluding hydrogens is 222 g/mol. The molecule has 17 heavy (non-hydrogen) atoms. The first-order chi connectivity index (χ1) is 8.08. The molecule has 1 heterocycles. The molecule has 0 aliphatic rings. The fourth-order valence-corrected chi connectivity index (χ4v) is 1.21. The summed E-state index contributed by atoms with van der Waals surface area (Å²) in [4.78, 5) is 16.1. The number of rotatable bonds is 4. The molecule has 1 aromatic heterocycles. The van der Waals surface area contributed by atoms with Crippen molar-refractivity contribution >= 4 is 5.97 Å². The summed E-state index contributed by atoms with van der Waals surface area (Å²) in [5.74, 6) is -1.36. The lowest BCUT2D eigenvalue weighted by atomic mass is 10.2. The van der Waals surface area contributed by atoms with Gasteiger partial charge < -0.3 is 15.1 Å². The van der Waals surface area contributed by atoms with Crippen molar-refractivity contribution < 1.29 is 19.8 Å². The van der Waals surface area contributed by atoms with Gasteiger partial charge in [0.05, 0.1) is 0 Å². The third-order valence-corrected chi connectivity index (χ3v) is 2.19. The van der Waals surface area contributed by atoms with Crippen LogP contribution in [0.4, 0.5) is 0 Å². The molecule has 0 atom stereocenters. The lowest BCUT2D eigenvalue weighted by Gasteiger charge is -2.04. The summed E-state index contributed by atoms with van der Waals surface area (Å²) in [5.41, 5.74) is 0.989. The fourth-order valence-electron chi connectivity index (χ4n) is 1.21. The van der Waals surface area contributed by atoms with Gasteiger partial charge in [-0.15, -0.1) is 4.73 Å². The van der Waals surface area contributed by atoms with Crippen LogP contribution < -0.4 is 4.84 Å². The van der Waals surface area contributed by atoms with E-state index in [4.69, 9.17) is 4.84 Å². The number of aromatic hydroxyl groups is 2. The summed E-state index contributed by atoms with van der Waals surface area (Å²) >= 11 is 0. The fraction of sp³-hybridized carbons (Fsp3) is 0.250. The first-order valence-electron chi connectivity index (χ1n) is 5.23. The van der Waals surface area contributed by atoms with Crippen molar-refractivity contribution in [2.45, 2.75) is 20.3 Å². The van der Waals surface area contributed by atoms with Crippen molar-refractivity contribution in [3.05, 3.63) is 35.9 Å². The molecule has 0 saturated carbocycles. The third-order valence-electron chi connectivity index (χ3n) is 2.19. The summed E-state index contributed by atoms with van der Waals surface area (Å²) in [6, 6.07) is 2.44. The standard InChI is InChI=1S/C12H15NO4/c1-3-9(4-2)5-8-12(16)17-13-10(14)6-7-11(13)15/h3,5-8,14-15H,4H2,1-2H3. The molecule has 0 aromatic carbocycles. The predicted octanol–water partition coefficient (Wildman–Crippen LogP) is 1.77. The van der Waals surface area contributed by atoms with Crippen LogP contribution in [0.1, 0.15) is 20.3 Å². The summed E-state index contributed by atoms with van der Waals surface area (Å²) in [6.45, 7) is 3.84. The summed E-state index contributed by atoms with van der Waals surface area (Å²) < 4.78 is 0.647. The minimum atomic E-state index is -0.681. The van der Waals surface area contributed by atoms with Crippen LogP contribution >= 0.6 is 0 Å². The maximum atomic E-state index is 11.4. The highest BCUT2D eigenvalue weighted by molar-refractivity contribution is 5.82. The monoisotopic (exact) mass is 237 g/mol. The van der Waals surface area contributed by atoms with Gasteiger partial charge in [-0.2, -0.15) is 0 Å². The molecule has 5 heteroatoms. The smallest absolute Gasteiger partial charge is 0.356 e. The van der Waals surface area contributed by atoms with Gasteiger partial charge in [0.1, 0.15) is 0 Å². The van der Waals surface area contributed by atoms with E-state index in [1.54, 1.807) is 6.08 Å². The van der Waals surface area contributed by atoms with E-state index in [-0.39, 0.29) is 11.8 Å². The van der Waals surface area contributed by atoms with Crippen molar-refractivity contribution in [1.82, 2.24) is 4.73 Å². The second-order valence-electron chi connectivity index (χ2n) is 3.30. The Morgan fingerprint density at radius 1 is 1.35 bits per heavy atom. The van der Waals surface area contributed by atoms with Crippen molar-refractivity contribution in [2.24, 2.45) is 0 Å². The Labute approximate surface area is 99.2 Å². The Morgan fingerprint density at radius 3 is 2.41 bits per heavy atom. The number of nitrogens with zero attached hydrogens (tertiary/aromatic N) is 1. The molecule has 1 rings (SSSR count). The molecular formula is C12H15NO4. The molecule has 0 amide bonds. The summed E-state index contributed by atoms with van der Waals surface area (Å²) in [6.07, 6.45) is 5.55. The van der Waals surface area contributed by atoms with Crippen LogP contribution in [0.25, 0.3) is 0 Å². The van der Waals surface area contributed by atoms with Gasteiger partial charge in [-0.1, -0.05) is 24.6 Å². The molecule has 0 radical (unpaired) electrons. The third kappa shape index (κ3) is 3.41. The number of aromatic nitrogens is 1. The molecule has 0 unspecified atom stereocenters. The number of hydrogen-bond acceptors (Lipinski definition) is 4. The van der Waals surface area contributed by atoms with Crippen molar-refractivity contribution in [3.63, 3.8) is 0 Å². The van der Waals surface area contributed by atoms with Gasteiger partial charge in [-0.3, -0.25) is 0 Å². The first-order valence-corrected chi connectivity index (χ1v) is 5.23. The maximum absolute atomic E-state index is 11.4. The Bertz CT molecular complexity index is 438. The second-order valence-corrected chi connectivity index (χ2v) is 3.30. The second kappa shape index (κ2) is 5.79. The van der Waals surface area contributed by atoms with E-state index in [1.807, 2.05) is 19.9 Å². The predicted molar refractivity (Wildman–Crippen MR) is 62.5 cm³/mol. The van der Waals surface area contributed by atoms with Gasteiger partial charge in [0.25, 0.3) is 0 Å². The summed E-state index contributed by atoms with van der Waals surface area (Å²) in [7, 11) is 0. The SMILES string of the molecule is CC=C(C=CC(=O)On1c(O)ccc1O)CC.